The van der Waals surface area contributed by atoms with Gasteiger partial charge in [0.1, 0.15) is 12.7 Å². The highest BCUT2D eigenvalue weighted by atomic mass is 31.2. The predicted octanol–water partition coefficient (Wildman–Crippen LogP) is 11.3. The molecule has 0 aromatic carbocycles. The van der Waals surface area contributed by atoms with Gasteiger partial charge in [-0.3, -0.25) is 18.6 Å². The molecule has 0 spiro atoms. The number of esters is 1. The van der Waals surface area contributed by atoms with Crippen LogP contribution in [-0.4, -0.2) is 54.3 Å². The fourth-order valence-electron chi connectivity index (χ4n) is 6.09. The van der Waals surface area contributed by atoms with Gasteiger partial charge in [0, 0.05) is 19.4 Å². The predicted molar refractivity (Wildman–Crippen MR) is 206 cm³/mol. The highest BCUT2D eigenvalue weighted by Gasteiger charge is 2.23. The topological polar surface area (TPSA) is 131 Å². The van der Waals surface area contributed by atoms with E-state index in [-0.39, 0.29) is 25.7 Å². The number of carbonyl (C=O) groups excluding carboxylic acids is 2. The number of hydrogen-bond acceptors (Lipinski definition) is 7. The maximum Gasteiger partial charge on any atom is 0.472 e. The van der Waals surface area contributed by atoms with Gasteiger partial charge in [-0.2, -0.15) is 0 Å². The normalized spacial score (nSPS) is 13.3. The first kappa shape index (κ1) is 49.0. The van der Waals surface area contributed by atoms with Crippen molar-refractivity contribution in [2.24, 2.45) is 0 Å². The SMILES string of the molecule is CCCCCCCCCCCCCCCCCCCCCCC(=O)OCC(O)COP(=O)(O)OCCNC(=O)CCCCCCCCCCC. The highest BCUT2D eigenvalue weighted by Crippen LogP contribution is 2.42. The number of hydrogen-bond donors (Lipinski definition) is 3. The third-order valence-electron chi connectivity index (χ3n) is 9.29. The number of ether oxygens (including phenoxy) is 1. The van der Waals surface area contributed by atoms with Crippen LogP contribution in [0.1, 0.15) is 213 Å². The van der Waals surface area contributed by atoms with E-state index in [9.17, 15) is 24.2 Å². The third-order valence-corrected chi connectivity index (χ3v) is 10.3. The van der Waals surface area contributed by atoms with Gasteiger partial charge in [-0.05, 0) is 12.8 Å². The number of carbonyl (C=O) groups is 2. The lowest BCUT2D eigenvalue weighted by Gasteiger charge is -2.15. The number of aliphatic hydroxyl groups excluding tert-OH is 1. The van der Waals surface area contributed by atoms with Gasteiger partial charge in [0.25, 0.3) is 0 Å². The highest BCUT2D eigenvalue weighted by molar-refractivity contribution is 7.47. The van der Waals surface area contributed by atoms with Gasteiger partial charge >= 0.3 is 13.8 Å². The molecule has 0 fully saturated rings. The largest absolute Gasteiger partial charge is 0.472 e. The Morgan fingerprint density at radius 2 is 0.900 bits per heavy atom. The standard InChI is InChI=1S/C40H80NO8P/c1-3-5-7-9-11-13-14-15-16-17-18-19-20-21-22-23-25-27-29-31-33-40(44)47-36-38(42)37-49-50(45,46)48-35-34-41-39(43)32-30-28-26-24-12-10-8-6-4-2/h38,42H,3-37H2,1-2H3,(H,41,43)(H,45,46). The number of aliphatic hydroxyl groups is 1. The van der Waals surface area contributed by atoms with Crippen molar-refractivity contribution in [3.63, 3.8) is 0 Å². The minimum absolute atomic E-state index is 0.0871. The smallest absolute Gasteiger partial charge is 0.463 e. The summed E-state index contributed by atoms with van der Waals surface area (Å²) in [4.78, 5) is 33.7. The van der Waals surface area contributed by atoms with Crippen molar-refractivity contribution >= 4 is 19.7 Å². The molecule has 2 unspecified atom stereocenters. The fourth-order valence-corrected chi connectivity index (χ4v) is 6.84. The van der Waals surface area contributed by atoms with Crippen LogP contribution in [0.25, 0.3) is 0 Å². The van der Waals surface area contributed by atoms with Crippen LogP contribution in [0.2, 0.25) is 0 Å². The molecule has 0 aliphatic carbocycles. The second-order valence-electron chi connectivity index (χ2n) is 14.3. The molecule has 0 saturated heterocycles. The quantitative estimate of drug-likeness (QED) is 0.0322. The second kappa shape index (κ2) is 37.8. The second-order valence-corrected chi connectivity index (χ2v) is 15.8. The van der Waals surface area contributed by atoms with E-state index in [0.717, 1.165) is 38.5 Å². The van der Waals surface area contributed by atoms with E-state index in [1.807, 2.05) is 0 Å². The summed E-state index contributed by atoms with van der Waals surface area (Å²) < 4.78 is 26.8. The van der Waals surface area contributed by atoms with Crippen LogP contribution >= 0.6 is 7.82 Å². The molecule has 3 N–H and O–H groups in total. The van der Waals surface area contributed by atoms with Gasteiger partial charge in [0.2, 0.25) is 5.91 Å². The van der Waals surface area contributed by atoms with E-state index in [1.165, 1.54) is 148 Å². The van der Waals surface area contributed by atoms with E-state index < -0.39 is 26.5 Å². The summed E-state index contributed by atoms with van der Waals surface area (Å²) in [6, 6.07) is 0. The Bertz CT molecular complexity index is 799. The first-order valence-electron chi connectivity index (χ1n) is 21.0. The van der Waals surface area contributed by atoms with Crippen LogP contribution in [0.4, 0.5) is 0 Å². The molecule has 0 saturated carbocycles. The number of nitrogens with one attached hydrogen (secondary N) is 1. The Morgan fingerprint density at radius 1 is 0.540 bits per heavy atom. The maximum atomic E-state index is 12.0. The fraction of sp³-hybridized carbons (Fsp3) is 0.950. The molecule has 0 aromatic heterocycles. The Hall–Kier alpha value is -0.990. The summed E-state index contributed by atoms with van der Waals surface area (Å²) in [6.45, 7) is 3.56. The molecule has 9 nitrogen and oxygen atoms in total. The first-order chi connectivity index (χ1) is 24.3. The number of amides is 1. The van der Waals surface area contributed by atoms with Crippen LogP contribution in [0.3, 0.4) is 0 Å². The molecule has 10 heteroatoms. The van der Waals surface area contributed by atoms with Crippen LogP contribution in [0, 0.1) is 0 Å². The molecule has 298 valence electrons. The van der Waals surface area contributed by atoms with Crippen molar-refractivity contribution in [1.82, 2.24) is 5.32 Å². The summed E-state index contributed by atoms with van der Waals surface area (Å²) in [5.74, 6) is -0.508. The Morgan fingerprint density at radius 3 is 1.30 bits per heavy atom. The van der Waals surface area contributed by atoms with Gasteiger partial charge in [-0.15, -0.1) is 0 Å². The van der Waals surface area contributed by atoms with Crippen LogP contribution < -0.4 is 5.32 Å². The molecular formula is C40H80NO8P. The van der Waals surface area contributed by atoms with E-state index >= 15 is 0 Å². The van der Waals surface area contributed by atoms with E-state index in [2.05, 4.69) is 19.2 Å². The lowest BCUT2D eigenvalue weighted by atomic mass is 10.0. The van der Waals surface area contributed by atoms with Crippen LogP contribution in [-0.2, 0) is 27.9 Å². The molecule has 0 aromatic rings. The molecule has 0 radical (unpaired) electrons. The van der Waals surface area contributed by atoms with Gasteiger partial charge in [0.05, 0.1) is 13.2 Å². The lowest BCUT2D eigenvalue weighted by molar-refractivity contribution is -0.147. The molecular weight excluding hydrogens is 653 g/mol. The van der Waals surface area contributed by atoms with Gasteiger partial charge in [0.15, 0.2) is 0 Å². The van der Waals surface area contributed by atoms with E-state index in [0.29, 0.717) is 12.8 Å². The number of phosphoric ester groups is 1. The lowest BCUT2D eigenvalue weighted by Crippen LogP contribution is -2.27. The summed E-state index contributed by atoms with van der Waals surface area (Å²) in [6.07, 6.45) is 36.1. The molecule has 1 amide bonds. The summed E-state index contributed by atoms with van der Waals surface area (Å²) in [5.41, 5.74) is 0. The van der Waals surface area contributed by atoms with E-state index in [1.54, 1.807) is 0 Å². The first-order valence-corrected chi connectivity index (χ1v) is 22.5. The van der Waals surface area contributed by atoms with Gasteiger partial charge in [-0.25, -0.2) is 4.57 Å². The van der Waals surface area contributed by atoms with Crippen molar-refractivity contribution in [3.8, 4) is 0 Å². The van der Waals surface area contributed by atoms with E-state index in [4.69, 9.17) is 13.8 Å². The minimum Gasteiger partial charge on any atom is -0.463 e. The van der Waals surface area contributed by atoms with Crippen molar-refractivity contribution < 1.29 is 37.9 Å². The minimum atomic E-state index is -4.40. The number of rotatable bonds is 40. The molecule has 0 rings (SSSR count). The average molecular weight is 734 g/mol. The number of unbranched alkanes of at least 4 members (excludes halogenated alkanes) is 27. The summed E-state index contributed by atoms with van der Waals surface area (Å²) in [7, 11) is -4.40. The molecule has 0 aliphatic rings. The van der Waals surface area contributed by atoms with Gasteiger partial charge < -0.3 is 20.1 Å². The Kier molecular flexibility index (Phi) is 37.0. The van der Waals surface area contributed by atoms with Crippen molar-refractivity contribution in [2.75, 3.05) is 26.4 Å². The Balaban J connectivity index is 3.53. The molecule has 0 heterocycles. The third kappa shape index (κ3) is 38.2. The average Bonchev–Trinajstić information content (AvgIpc) is 3.10. The number of phosphoric acid groups is 1. The van der Waals surface area contributed by atoms with Crippen molar-refractivity contribution in [3.05, 3.63) is 0 Å². The zero-order chi connectivity index (χ0) is 36.8. The maximum absolute atomic E-state index is 12.0. The van der Waals surface area contributed by atoms with Crippen LogP contribution in [0.15, 0.2) is 0 Å². The molecule has 50 heavy (non-hydrogen) atoms. The zero-order valence-corrected chi connectivity index (χ0v) is 33.5. The monoisotopic (exact) mass is 734 g/mol. The molecule has 0 bridgehead atoms. The summed E-state index contributed by atoms with van der Waals surface area (Å²) in [5, 5.41) is 12.7. The Labute approximate surface area is 307 Å². The summed E-state index contributed by atoms with van der Waals surface area (Å²) >= 11 is 0. The molecule has 0 aliphatic heterocycles. The molecule has 2 atom stereocenters. The zero-order valence-electron chi connectivity index (χ0n) is 32.6. The van der Waals surface area contributed by atoms with Crippen molar-refractivity contribution in [2.45, 2.75) is 219 Å². The van der Waals surface area contributed by atoms with Crippen LogP contribution in [0.5, 0.6) is 0 Å². The van der Waals surface area contributed by atoms with Crippen molar-refractivity contribution in [1.29, 1.82) is 0 Å². The van der Waals surface area contributed by atoms with Gasteiger partial charge in [-0.1, -0.05) is 187 Å².